The van der Waals surface area contributed by atoms with E-state index in [1.165, 1.54) is 0 Å². The third-order valence-electron chi connectivity index (χ3n) is 7.27. The van der Waals surface area contributed by atoms with Crippen LogP contribution in [0.4, 0.5) is 0 Å². The minimum Gasteiger partial charge on any atom is -0.493 e. The average Bonchev–Trinajstić information content (AvgIpc) is 2.89. The van der Waals surface area contributed by atoms with Gasteiger partial charge in [-0.3, -0.25) is 4.79 Å². The minimum atomic E-state index is -0.843. The number of ether oxygens (including phenoxy) is 3. The predicted molar refractivity (Wildman–Crippen MR) is 153 cm³/mol. The Morgan fingerprint density at radius 2 is 1.82 bits per heavy atom. The lowest BCUT2D eigenvalue weighted by molar-refractivity contribution is -0.126. The summed E-state index contributed by atoms with van der Waals surface area (Å²) < 4.78 is 16.5. The van der Waals surface area contributed by atoms with Crippen molar-refractivity contribution in [1.82, 2.24) is 5.32 Å². The van der Waals surface area contributed by atoms with Crippen molar-refractivity contribution < 1.29 is 24.1 Å². The molecule has 212 valence electrons. The van der Waals surface area contributed by atoms with Crippen LogP contribution in [0.25, 0.3) is 0 Å². The van der Waals surface area contributed by atoms with Crippen LogP contribution in [-0.2, 0) is 21.4 Å². The Balaban J connectivity index is 1.98. The van der Waals surface area contributed by atoms with Gasteiger partial charge in [0, 0.05) is 32.7 Å². The molecule has 2 rings (SSSR count). The molecule has 1 amide bonds. The van der Waals surface area contributed by atoms with Gasteiger partial charge in [-0.15, -0.1) is 0 Å². The van der Waals surface area contributed by atoms with Crippen molar-refractivity contribution in [3.8, 4) is 11.5 Å². The maximum atomic E-state index is 13.0. The summed E-state index contributed by atoms with van der Waals surface area (Å²) in [5.74, 6) is 1.88. The maximum Gasteiger partial charge on any atom is 0.230 e. The minimum absolute atomic E-state index is 0.113. The summed E-state index contributed by atoms with van der Waals surface area (Å²) in [6, 6.07) is 13.5. The van der Waals surface area contributed by atoms with Crippen LogP contribution in [0, 0.1) is 18.8 Å². The van der Waals surface area contributed by atoms with Gasteiger partial charge in [-0.05, 0) is 68.7 Å². The average molecular weight is 529 g/mol. The molecule has 0 unspecified atom stereocenters. The first kappa shape index (κ1) is 31.6. The third-order valence-corrected chi connectivity index (χ3v) is 7.27. The molecule has 0 aliphatic heterocycles. The summed E-state index contributed by atoms with van der Waals surface area (Å²) in [5.41, 5.74) is 8.90. The number of hydrogen-bond donors (Lipinski definition) is 3. The molecule has 0 aliphatic carbocycles. The summed E-state index contributed by atoms with van der Waals surface area (Å²) in [6.07, 6.45) is 1.38. The van der Waals surface area contributed by atoms with Crippen LogP contribution in [0.15, 0.2) is 42.5 Å². The van der Waals surface area contributed by atoms with Crippen LogP contribution in [0.3, 0.4) is 0 Å². The second-order valence-corrected chi connectivity index (χ2v) is 11.1. The topological polar surface area (TPSA) is 103 Å². The fraction of sp³-hybridized carbons (Fsp3) is 0.581. The Labute approximate surface area is 229 Å². The van der Waals surface area contributed by atoms with Crippen molar-refractivity contribution in [3.05, 3.63) is 59.2 Å². The normalized spacial score (nSPS) is 14.2. The van der Waals surface area contributed by atoms with Gasteiger partial charge in [0.2, 0.25) is 5.91 Å². The molecule has 7 nitrogen and oxygen atoms in total. The van der Waals surface area contributed by atoms with E-state index < -0.39 is 17.6 Å². The molecule has 0 saturated carbocycles. The summed E-state index contributed by atoms with van der Waals surface area (Å²) in [4.78, 5) is 13.0. The summed E-state index contributed by atoms with van der Waals surface area (Å²) in [5, 5.41) is 13.7. The van der Waals surface area contributed by atoms with E-state index in [-0.39, 0.29) is 18.4 Å². The number of methoxy groups -OCH3 is 2. The van der Waals surface area contributed by atoms with Crippen molar-refractivity contribution >= 4 is 5.91 Å². The Bertz CT molecular complexity index is 1010. The van der Waals surface area contributed by atoms with E-state index in [1.807, 2.05) is 63.2 Å². The standard InChI is InChI=1S/C31H48N2O5/c1-21(2)24(17-23-12-13-28(37-7)29(18-23)38-15-9-14-36-6)19-26(32)27(34)20-33-30(35)31(4,5)25-11-8-10-22(3)16-25/h8,10-13,16,18,21,24,26-27,34H,9,14-15,17,19-20,32H2,1-7H3,(H,33,35)/t24-,26-,27-/m0/s1. The molecule has 0 fully saturated rings. The Morgan fingerprint density at radius 3 is 2.45 bits per heavy atom. The second-order valence-electron chi connectivity index (χ2n) is 11.1. The van der Waals surface area contributed by atoms with E-state index in [0.717, 1.165) is 29.5 Å². The zero-order chi connectivity index (χ0) is 28.3. The number of nitrogens with one attached hydrogen (secondary N) is 1. The first-order chi connectivity index (χ1) is 18.0. The highest BCUT2D eigenvalue weighted by atomic mass is 16.5. The van der Waals surface area contributed by atoms with Gasteiger partial charge in [-0.25, -0.2) is 0 Å². The Kier molecular flexibility index (Phi) is 12.6. The molecule has 0 aromatic heterocycles. The largest absolute Gasteiger partial charge is 0.493 e. The van der Waals surface area contributed by atoms with E-state index in [2.05, 4.69) is 19.2 Å². The molecule has 4 N–H and O–H groups in total. The van der Waals surface area contributed by atoms with Crippen LogP contribution in [-0.4, -0.2) is 57.1 Å². The lowest BCUT2D eigenvalue weighted by Crippen LogP contribution is -2.48. The molecule has 38 heavy (non-hydrogen) atoms. The number of nitrogens with two attached hydrogens (primary N) is 1. The number of aliphatic hydroxyl groups excluding tert-OH is 1. The van der Waals surface area contributed by atoms with E-state index >= 15 is 0 Å². The van der Waals surface area contributed by atoms with E-state index in [4.69, 9.17) is 19.9 Å². The van der Waals surface area contributed by atoms with Gasteiger partial charge < -0.3 is 30.4 Å². The number of carbonyl (C=O) groups excluding carboxylic acids is 1. The number of aliphatic hydroxyl groups is 1. The summed E-state index contributed by atoms with van der Waals surface area (Å²) in [7, 11) is 3.31. The van der Waals surface area contributed by atoms with Crippen molar-refractivity contribution in [3.63, 3.8) is 0 Å². The van der Waals surface area contributed by atoms with Crippen LogP contribution in [0.5, 0.6) is 11.5 Å². The van der Waals surface area contributed by atoms with Crippen molar-refractivity contribution in [2.24, 2.45) is 17.6 Å². The molecule has 7 heteroatoms. The maximum absolute atomic E-state index is 13.0. The van der Waals surface area contributed by atoms with Gasteiger partial charge in [-0.2, -0.15) is 0 Å². The highest BCUT2D eigenvalue weighted by molar-refractivity contribution is 5.87. The fourth-order valence-electron chi connectivity index (χ4n) is 4.48. The monoisotopic (exact) mass is 528 g/mol. The summed E-state index contributed by atoms with van der Waals surface area (Å²) >= 11 is 0. The van der Waals surface area contributed by atoms with Crippen LogP contribution < -0.4 is 20.5 Å². The predicted octanol–water partition coefficient (Wildman–Crippen LogP) is 4.41. The molecular formula is C31H48N2O5. The molecule has 0 saturated heterocycles. The van der Waals surface area contributed by atoms with Gasteiger partial charge in [0.15, 0.2) is 11.5 Å². The molecule has 0 radical (unpaired) electrons. The molecular weight excluding hydrogens is 480 g/mol. The van der Waals surface area contributed by atoms with Crippen molar-refractivity contribution in [2.45, 2.75) is 71.4 Å². The molecule has 3 atom stereocenters. The number of amides is 1. The van der Waals surface area contributed by atoms with Gasteiger partial charge in [0.05, 0.1) is 25.2 Å². The lowest BCUT2D eigenvalue weighted by atomic mass is 9.82. The summed E-state index contributed by atoms with van der Waals surface area (Å²) in [6.45, 7) is 11.4. The number of benzene rings is 2. The van der Waals surface area contributed by atoms with Crippen molar-refractivity contribution in [2.75, 3.05) is 34.0 Å². The zero-order valence-corrected chi connectivity index (χ0v) is 24.3. The zero-order valence-electron chi connectivity index (χ0n) is 24.3. The molecule has 0 bridgehead atoms. The second kappa shape index (κ2) is 15.1. The number of hydrogen-bond acceptors (Lipinski definition) is 6. The smallest absolute Gasteiger partial charge is 0.230 e. The highest BCUT2D eigenvalue weighted by Gasteiger charge is 2.31. The van der Waals surface area contributed by atoms with Gasteiger partial charge >= 0.3 is 0 Å². The molecule has 2 aromatic rings. The fourth-order valence-corrected chi connectivity index (χ4v) is 4.48. The molecule has 0 spiro atoms. The van der Waals surface area contributed by atoms with E-state index in [9.17, 15) is 9.90 Å². The first-order valence-corrected chi connectivity index (χ1v) is 13.6. The van der Waals surface area contributed by atoms with Crippen LogP contribution in [0.1, 0.15) is 57.2 Å². The van der Waals surface area contributed by atoms with Gasteiger partial charge in [0.1, 0.15) is 0 Å². The van der Waals surface area contributed by atoms with E-state index in [1.54, 1.807) is 14.2 Å². The van der Waals surface area contributed by atoms with Crippen LogP contribution >= 0.6 is 0 Å². The SMILES string of the molecule is COCCCOc1cc(C[C@@H](C[C@H](N)[C@@H](O)CNC(=O)C(C)(C)c2cccc(C)c2)C(C)C)ccc1OC. The molecule has 2 aromatic carbocycles. The van der Waals surface area contributed by atoms with Gasteiger partial charge in [0.25, 0.3) is 0 Å². The Morgan fingerprint density at radius 1 is 1.08 bits per heavy atom. The quantitative estimate of drug-likeness (QED) is 0.279. The molecule has 0 aliphatic rings. The van der Waals surface area contributed by atoms with Gasteiger partial charge in [-0.1, -0.05) is 49.7 Å². The number of aryl methyl sites for hydroxylation is 1. The van der Waals surface area contributed by atoms with E-state index in [0.29, 0.717) is 37.1 Å². The first-order valence-electron chi connectivity index (χ1n) is 13.6. The third kappa shape index (κ3) is 9.29. The lowest BCUT2D eigenvalue weighted by Gasteiger charge is -2.29. The number of rotatable bonds is 16. The van der Waals surface area contributed by atoms with Crippen molar-refractivity contribution in [1.29, 1.82) is 0 Å². The Hall–Kier alpha value is -2.61. The highest BCUT2D eigenvalue weighted by Crippen LogP contribution is 2.31. The molecule has 0 heterocycles. The van der Waals surface area contributed by atoms with Crippen LogP contribution in [0.2, 0.25) is 0 Å². The number of carbonyl (C=O) groups is 1.